The fraction of sp³-hybridized carbons (Fsp3) is 0.875. The predicted octanol–water partition coefficient (Wildman–Crippen LogP) is 0.902. The van der Waals surface area contributed by atoms with Crippen LogP contribution in [0.5, 0.6) is 0 Å². The quantitative estimate of drug-likeness (QED) is 0.600. The van der Waals surface area contributed by atoms with Crippen molar-refractivity contribution in [2.24, 2.45) is 0 Å². The number of esters is 2. The molecule has 0 heterocycles. The first-order valence-corrected chi connectivity index (χ1v) is 7.96. The van der Waals surface area contributed by atoms with Crippen LogP contribution in [0.15, 0.2) is 0 Å². The van der Waals surface area contributed by atoms with E-state index in [1.54, 1.807) is 13.8 Å². The lowest BCUT2D eigenvalue weighted by atomic mass is 10.4. The molecule has 0 aliphatic carbocycles. The third-order valence-electron chi connectivity index (χ3n) is 1.81. The van der Waals surface area contributed by atoms with Crippen molar-refractivity contribution >= 4 is 11.9 Å². The predicted molar refractivity (Wildman–Crippen MR) is 91.6 cm³/mol. The molecule has 0 aliphatic heterocycles. The second kappa shape index (κ2) is 26.7. The van der Waals surface area contributed by atoms with Gasteiger partial charge in [0.1, 0.15) is 6.10 Å². The summed E-state index contributed by atoms with van der Waals surface area (Å²) in [4.78, 5) is 20.2. The van der Waals surface area contributed by atoms with Gasteiger partial charge in [-0.3, -0.25) is 4.79 Å². The van der Waals surface area contributed by atoms with Crippen LogP contribution < -0.4 is 0 Å². The molecule has 0 saturated carbocycles. The van der Waals surface area contributed by atoms with Gasteiger partial charge in [0.05, 0.1) is 26.4 Å². The molecular weight excluding hydrogens is 320 g/mol. The van der Waals surface area contributed by atoms with Gasteiger partial charge >= 0.3 is 11.9 Å². The van der Waals surface area contributed by atoms with Gasteiger partial charge in [-0.15, -0.1) is 0 Å². The van der Waals surface area contributed by atoms with Gasteiger partial charge in [-0.1, -0.05) is 6.92 Å². The van der Waals surface area contributed by atoms with Crippen molar-refractivity contribution in [1.82, 2.24) is 0 Å². The second-order valence-electron chi connectivity index (χ2n) is 4.17. The number of hydrogen-bond donors (Lipinski definition) is 3. The molecule has 0 aromatic heterocycles. The van der Waals surface area contributed by atoms with Crippen LogP contribution in [0.3, 0.4) is 0 Å². The molecule has 0 aromatic rings. The van der Waals surface area contributed by atoms with E-state index in [4.69, 9.17) is 20.1 Å². The van der Waals surface area contributed by atoms with E-state index in [9.17, 15) is 9.59 Å². The zero-order valence-electron chi connectivity index (χ0n) is 16.1. The van der Waals surface area contributed by atoms with Crippen molar-refractivity contribution < 1.29 is 39.1 Å². The van der Waals surface area contributed by atoms with Gasteiger partial charge in [0.15, 0.2) is 0 Å². The molecule has 8 heteroatoms. The molecule has 0 aliphatic rings. The van der Waals surface area contributed by atoms with Gasteiger partial charge in [-0.2, -0.15) is 0 Å². The monoisotopic (exact) mass is 356 g/mol. The minimum atomic E-state index is -0.995. The largest absolute Gasteiger partial charge is 0.467 e. The maximum Gasteiger partial charge on any atom is 0.334 e. The Morgan fingerprint density at radius 3 is 1.42 bits per heavy atom. The number of aliphatic hydroxyl groups is 3. The number of carbonyl (C=O) groups excluding carboxylic acids is 2. The van der Waals surface area contributed by atoms with Crippen LogP contribution in [0.2, 0.25) is 0 Å². The first-order valence-electron chi connectivity index (χ1n) is 7.96. The van der Waals surface area contributed by atoms with Crippen LogP contribution >= 0.6 is 0 Å². The van der Waals surface area contributed by atoms with Gasteiger partial charge < -0.3 is 29.5 Å². The Morgan fingerprint density at radius 2 is 1.38 bits per heavy atom. The van der Waals surface area contributed by atoms with E-state index in [2.05, 4.69) is 9.47 Å². The molecule has 0 saturated heterocycles. The molecule has 2 unspecified atom stereocenters. The Hall–Kier alpha value is -1.22. The fourth-order valence-corrected chi connectivity index (χ4v) is 0.638. The van der Waals surface area contributed by atoms with Gasteiger partial charge in [0.2, 0.25) is 0 Å². The molecule has 2 atom stereocenters. The minimum absolute atomic E-state index is 0.123. The second-order valence-corrected chi connectivity index (χ2v) is 4.17. The van der Waals surface area contributed by atoms with Crippen LogP contribution in [-0.4, -0.2) is 73.0 Å². The molecule has 0 aromatic carbocycles. The van der Waals surface area contributed by atoms with Crippen molar-refractivity contribution in [2.45, 2.75) is 60.2 Å². The number of ether oxygens (including phenoxy) is 3. The highest BCUT2D eigenvalue weighted by atomic mass is 16.5. The SMILES string of the molecule is CC(O)CO.CCOC(=O)CC.CCOCC.COC(=O)C(C)O. The van der Waals surface area contributed by atoms with E-state index in [1.165, 1.54) is 21.0 Å². The molecule has 0 bridgehead atoms. The molecule has 0 radical (unpaired) electrons. The molecule has 0 spiro atoms. The van der Waals surface area contributed by atoms with Crippen molar-refractivity contribution in [3.05, 3.63) is 0 Å². The van der Waals surface area contributed by atoms with Crippen LogP contribution in [0, 0.1) is 0 Å². The first kappa shape index (κ1) is 30.6. The van der Waals surface area contributed by atoms with Gasteiger partial charge in [-0.05, 0) is 34.6 Å². The topological polar surface area (TPSA) is 123 Å². The van der Waals surface area contributed by atoms with Crippen molar-refractivity contribution in [3.63, 3.8) is 0 Å². The van der Waals surface area contributed by atoms with E-state index in [1.807, 2.05) is 13.8 Å². The maximum atomic E-state index is 10.2. The highest BCUT2D eigenvalue weighted by Crippen LogP contribution is 1.81. The third-order valence-corrected chi connectivity index (χ3v) is 1.81. The summed E-state index contributed by atoms with van der Waals surface area (Å²) in [5.41, 5.74) is 0. The Labute approximate surface area is 145 Å². The van der Waals surface area contributed by atoms with Crippen molar-refractivity contribution in [1.29, 1.82) is 0 Å². The highest BCUT2D eigenvalue weighted by Gasteiger charge is 2.05. The Balaban J connectivity index is -0.000000113. The minimum Gasteiger partial charge on any atom is -0.467 e. The number of hydrogen-bond acceptors (Lipinski definition) is 8. The molecule has 0 fully saturated rings. The average molecular weight is 356 g/mol. The maximum absolute atomic E-state index is 10.2. The van der Waals surface area contributed by atoms with Gasteiger partial charge in [-0.25, -0.2) is 4.79 Å². The lowest BCUT2D eigenvalue weighted by Crippen LogP contribution is -2.16. The van der Waals surface area contributed by atoms with Crippen LogP contribution in [0.1, 0.15) is 48.0 Å². The number of aliphatic hydroxyl groups excluding tert-OH is 3. The summed E-state index contributed by atoms with van der Waals surface area (Å²) in [6.45, 7) is 12.5. The molecule has 0 rings (SSSR count). The van der Waals surface area contributed by atoms with E-state index < -0.39 is 18.2 Å². The van der Waals surface area contributed by atoms with E-state index in [-0.39, 0.29) is 12.6 Å². The molecule has 8 nitrogen and oxygen atoms in total. The van der Waals surface area contributed by atoms with E-state index >= 15 is 0 Å². The molecular formula is C16H36O8. The Morgan fingerprint density at radius 1 is 0.958 bits per heavy atom. The number of methoxy groups -OCH3 is 1. The lowest BCUT2D eigenvalue weighted by molar-refractivity contribution is -0.149. The Kier molecular flexibility index (Phi) is 34.0. The van der Waals surface area contributed by atoms with E-state index in [0.717, 1.165) is 13.2 Å². The van der Waals surface area contributed by atoms with Crippen LogP contribution in [0.4, 0.5) is 0 Å². The third kappa shape index (κ3) is 42.8. The number of rotatable bonds is 6. The summed E-state index contributed by atoms with van der Waals surface area (Å²) in [6, 6.07) is 0. The smallest absolute Gasteiger partial charge is 0.334 e. The molecule has 3 N–H and O–H groups in total. The lowest BCUT2D eigenvalue weighted by Gasteiger charge is -1.97. The van der Waals surface area contributed by atoms with Crippen LogP contribution in [-0.2, 0) is 23.8 Å². The van der Waals surface area contributed by atoms with Gasteiger partial charge in [0.25, 0.3) is 0 Å². The summed E-state index contributed by atoms with van der Waals surface area (Å²) >= 11 is 0. The van der Waals surface area contributed by atoms with Gasteiger partial charge in [0, 0.05) is 19.6 Å². The summed E-state index contributed by atoms with van der Waals surface area (Å²) in [5, 5.41) is 24.4. The molecule has 0 amide bonds. The standard InChI is InChI=1S/C5H10O2.C4H8O3.C4H10O.C3H8O2/c1-3-5(6)7-4-2;1-3(5)4(6)7-2;1-3-5-4-2;1-3(5)2-4/h3-4H2,1-2H3;3,5H,1-2H3;3-4H2,1-2H3;3-5H,2H2,1H3. The van der Waals surface area contributed by atoms with Crippen LogP contribution in [0.25, 0.3) is 0 Å². The fourth-order valence-electron chi connectivity index (χ4n) is 0.638. The van der Waals surface area contributed by atoms with E-state index in [0.29, 0.717) is 13.0 Å². The molecule has 24 heavy (non-hydrogen) atoms. The average Bonchev–Trinajstić information content (AvgIpc) is 2.56. The summed E-state index contributed by atoms with van der Waals surface area (Å²) in [7, 11) is 1.23. The summed E-state index contributed by atoms with van der Waals surface area (Å²) in [5.74, 6) is -0.720. The van der Waals surface area contributed by atoms with Crippen molar-refractivity contribution in [2.75, 3.05) is 33.5 Å². The Bertz CT molecular complexity index is 252. The summed E-state index contributed by atoms with van der Waals surface area (Å²) in [6.07, 6.45) is -1.08. The van der Waals surface area contributed by atoms with Crippen molar-refractivity contribution in [3.8, 4) is 0 Å². The highest BCUT2D eigenvalue weighted by molar-refractivity contribution is 5.73. The first-order chi connectivity index (χ1) is 11.2. The zero-order chi connectivity index (χ0) is 20.0. The molecule has 148 valence electrons. The normalized spacial score (nSPS) is 11.1. The number of carbonyl (C=O) groups is 2. The zero-order valence-corrected chi connectivity index (χ0v) is 16.1. The summed E-state index contributed by atoms with van der Waals surface area (Å²) < 4.78 is 13.5.